The average molecular weight is 273 g/mol. The molecule has 0 aliphatic heterocycles. The van der Waals surface area contributed by atoms with Gasteiger partial charge in [-0.05, 0) is 49.4 Å². The fourth-order valence-electron chi connectivity index (χ4n) is 2.92. The minimum absolute atomic E-state index is 0.540. The van der Waals surface area contributed by atoms with Crippen LogP contribution in [0, 0.1) is 5.92 Å². The average Bonchev–Trinajstić information content (AvgIpc) is 3.13. The first-order chi connectivity index (χ1) is 9.78. The summed E-state index contributed by atoms with van der Waals surface area (Å²) >= 11 is 0. The van der Waals surface area contributed by atoms with Crippen LogP contribution in [0.1, 0.15) is 43.9 Å². The Morgan fingerprint density at radius 1 is 1.35 bits per heavy atom. The Balaban J connectivity index is 2.06. The van der Waals surface area contributed by atoms with E-state index >= 15 is 0 Å². The van der Waals surface area contributed by atoms with Crippen LogP contribution in [0.5, 0.6) is 5.75 Å². The van der Waals surface area contributed by atoms with Crippen molar-refractivity contribution in [1.29, 1.82) is 0 Å². The maximum Gasteiger partial charge on any atom is 0.134 e. The number of aryl methyl sites for hydroxylation is 1. The second-order valence-corrected chi connectivity index (χ2v) is 5.64. The Hall–Kier alpha value is -1.48. The molecule has 0 unspecified atom stereocenters. The normalized spacial score (nSPS) is 21.4. The number of rotatable bonds is 6. The van der Waals surface area contributed by atoms with Gasteiger partial charge in [-0.1, -0.05) is 13.8 Å². The highest BCUT2D eigenvalue weighted by Gasteiger charge is 2.40. The van der Waals surface area contributed by atoms with E-state index in [1.54, 1.807) is 0 Å². The van der Waals surface area contributed by atoms with Gasteiger partial charge in [0, 0.05) is 17.4 Å². The molecule has 108 valence electrons. The predicted molar refractivity (Wildman–Crippen MR) is 81.3 cm³/mol. The fourth-order valence-corrected chi connectivity index (χ4v) is 2.92. The lowest BCUT2D eigenvalue weighted by atomic mass is 10.0. The standard InChI is InChI=1S/C17H23NO2/c1-3-7-19-16-6-5-15-14(9-12(4-2)20-15)17(16)13-8-11(13)10-18/h5-6,9,11,13H,3-4,7-8,10,18H2,1-2H3/t11-,13+/m1/s1. The largest absolute Gasteiger partial charge is 0.493 e. The van der Waals surface area contributed by atoms with Crippen LogP contribution >= 0.6 is 0 Å². The van der Waals surface area contributed by atoms with Gasteiger partial charge >= 0.3 is 0 Å². The van der Waals surface area contributed by atoms with E-state index in [4.69, 9.17) is 14.9 Å². The van der Waals surface area contributed by atoms with Crippen molar-refractivity contribution in [2.75, 3.05) is 13.2 Å². The third kappa shape index (κ3) is 2.31. The van der Waals surface area contributed by atoms with Gasteiger partial charge in [0.25, 0.3) is 0 Å². The minimum Gasteiger partial charge on any atom is -0.493 e. The van der Waals surface area contributed by atoms with E-state index in [1.807, 2.05) is 6.07 Å². The monoisotopic (exact) mass is 273 g/mol. The first-order valence-electron chi connectivity index (χ1n) is 7.66. The molecule has 2 aromatic rings. The molecule has 1 aromatic carbocycles. The van der Waals surface area contributed by atoms with Crippen molar-refractivity contribution in [3.63, 3.8) is 0 Å². The van der Waals surface area contributed by atoms with Crippen LogP contribution in [0.15, 0.2) is 22.6 Å². The molecule has 1 saturated carbocycles. The van der Waals surface area contributed by atoms with Crippen LogP contribution in [0.3, 0.4) is 0 Å². The van der Waals surface area contributed by atoms with Crippen molar-refractivity contribution < 1.29 is 9.15 Å². The van der Waals surface area contributed by atoms with Crippen molar-refractivity contribution in [3.8, 4) is 5.75 Å². The van der Waals surface area contributed by atoms with Crippen molar-refractivity contribution in [3.05, 3.63) is 29.5 Å². The van der Waals surface area contributed by atoms with Crippen molar-refractivity contribution in [2.24, 2.45) is 11.7 Å². The van der Waals surface area contributed by atoms with Gasteiger partial charge < -0.3 is 14.9 Å². The fraction of sp³-hybridized carbons (Fsp3) is 0.529. The first-order valence-corrected chi connectivity index (χ1v) is 7.66. The molecule has 3 rings (SSSR count). The quantitative estimate of drug-likeness (QED) is 0.869. The van der Waals surface area contributed by atoms with Crippen molar-refractivity contribution >= 4 is 11.0 Å². The molecule has 3 heteroatoms. The van der Waals surface area contributed by atoms with Crippen LogP contribution in [-0.2, 0) is 6.42 Å². The molecule has 1 aromatic heterocycles. The molecule has 2 N–H and O–H groups in total. The molecule has 0 bridgehead atoms. The van der Waals surface area contributed by atoms with Gasteiger partial charge in [-0.15, -0.1) is 0 Å². The van der Waals surface area contributed by atoms with Gasteiger partial charge in [0.05, 0.1) is 6.61 Å². The maximum absolute atomic E-state index is 5.95. The number of ether oxygens (including phenoxy) is 1. The van der Waals surface area contributed by atoms with E-state index in [-0.39, 0.29) is 0 Å². The smallest absolute Gasteiger partial charge is 0.134 e. The summed E-state index contributed by atoms with van der Waals surface area (Å²) in [6.45, 7) is 5.76. The number of nitrogens with two attached hydrogens (primary N) is 1. The number of benzene rings is 1. The molecule has 1 aliphatic rings. The van der Waals surface area contributed by atoms with E-state index in [1.165, 1.54) is 17.4 Å². The Morgan fingerprint density at radius 3 is 2.85 bits per heavy atom. The number of fused-ring (bicyclic) bond motifs is 1. The van der Waals surface area contributed by atoms with Crippen LogP contribution in [0.2, 0.25) is 0 Å². The molecule has 1 heterocycles. The zero-order valence-corrected chi connectivity index (χ0v) is 12.3. The molecule has 3 nitrogen and oxygen atoms in total. The predicted octanol–water partition coefficient (Wildman–Crippen LogP) is 3.85. The van der Waals surface area contributed by atoms with Crippen LogP contribution in [0.25, 0.3) is 11.0 Å². The lowest BCUT2D eigenvalue weighted by Gasteiger charge is -2.11. The van der Waals surface area contributed by atoms with Gasteiger partial charge in [0.1, 0.15) is 17.1 Å². The number of hydrogen-bond donors (Lipinski definition) is 1. The molecule has 0 saturated heterocycles. The Kier molecular flexibility index (Phi) is 3.70. The topological polar surface area (TPSA) is 48.4 Å². The van der Waals surface area contributed by atoms with E-state index in [9.17, 15) is 0 Å². The highest BCUT2D eigenvalue weighted by Crippen LogP contribution is 2.52. The molecule has 2 atom stereocenters. The highest BCUT2D eigenvalue weighted by atomic mass is 16.5. The second-order valence-electron chi connectivity index (χ2n) is 5.64. The molecule has 1 aliphatic carbocycles. The molecule has 1 fully saturated rings. The summed E-state index contributed by atoms with van der Waals surface area (Å²) in [4.78, 5) is 0. The third-order valence-electron chi connectivity index (χ3n) is 4.16. The van der Waals surface area contributed by atoms with E-state index in [0.29, 0.717) is 11.8 Å². The summed E-state index contributed by atoms with van der Waals surface area (Å²) < 4.78 is 11.8. The van der Waals surface area contributed by atoms with Crippen LogP contribution < -0.4 is 10.5 Å². The second kappa shape index (κ2) is 5.49. The summed E-state index contributed by atoms with van der Waals surface area (Å²) in [7, 11) is 0. The molecular formula is C17H23NO2. The minimum atomic E-state index is 0.540. The van der Waals surface area contributed by atoms with E-state index in [0.717, 1.165) is 43.1 Å². The number of hydrogen-bond acceptors (Lipinski definition) is 3. The van der Waals surface area contributed by atoms with Gasteiger partial charge in [0.2, 0.25) is 0 Å². The Labute approximate surface area is 120 Å². The molecular weight excluding hydrogens is 250 g/mol. The Bertz CT molecular complexity index is 602. The lowest BCUT2D eigenvalue weighted by Crippen LogP contribution is -2.04. The summed E-state index contributed by atoms with van der Waals surface area (Å²) in [5.41, 5.74) is 8.11. The molecule has 20 heavy (non-hydrogen) atoms. The van der Waals surface area contributed by atoms with Gasteiger partial charge in [-0.3, -0.25) is 0 Å². The van der Waals surface area contributed by atoms with Crippen LogP contribution in [-0.4, -0.2) is 13.2 Å². The zero-order valence-electron chi connectivity index (χ0n) is 12.3. The summed E-state index contributed by atoms with van der Waals surface area (Å²) in [5.74, 6) is 3.20. The van der Waals surface area contributed by atoms with Gasteiger partial charge in [-0.2, -0.15) is 0 Å². The van der Waals surface area contributed by atoms with E-state index in [2.05, 4.69) is 26.0 Å². The molecule has 0 radical (unpaired) electrons. The molecule has 0 amide bonds. The SMILES string of the molecule is CCCOc1ccc2oc(CC)cc2c1[C@H]1C[C@@H]1CN. The lowest BCUT2D eigenvalue weighted by molar-refractivity contribution is 0.314. The van der Waals surface area contributed by atoms with Crippen LogP contribution in [0.4, 0.5) is 0 Å². The molecule has 0 spiro atoms. The maximum atomic E-state index is 5.95. The summed E-state index contributed by atoms with van der Waals surface area (Å²) in [5, 5.41) is 1.22. The third-order valence-corrected chi connectivity index (χ3v) is 4.16. The van der Waals surface area contributed by atoms with Crippen molar-refractivity contribution in [2.45, 2.75) is 39.0 Å². The highest BCUT2D eigenvalue weighted by molar-refractivity contribution is 5.85. The van der Waals surface area contributed by atoms with Crippen molar-refractivity contribution in [1.82, 2.24) is 0 Å². The first kappa shape index (κ1) is 13.5. The van der Waals surface area contributed by atoms with Gasteiger partial charge in [0.15, 0.2) is 0 Å². The number of furan rings is 1. The van der Waals surface area contributed by atoms with Gasteiger partial charge in [-0.25, -0.2) is 0 Å². The zero-order chi connectivity index (χ0) is 14.1. The van der Waals surface area contributed by atoms with E-state index < -0.39 is 0 Å². The summed E-state index contributed by atoms with van der Waals surface area (Å²) in [6.07, 6.45) is 3.11. The Morgan fingerprint density at radius 2 is 2.20 bits per heavy atom. The summed E-state index contributed by atoms with van der Waals surface area (Å²) in [6, 6.07) is 6.26.